The molecule has 0 saturated carbocycles. The van der Waals surface area contributed by atoms with Gasteiger partial charge in [-0.1, -0.05) is 0 Å². The van der Waals surface area contributed by atoms with Gasteiger partial charge in [0, 0.05) is 42.0 Å². The topological polar surface area (TPSA) is 209 Å². The molecule has 2 aliphatic rings. The highest BCUT2D eigenvalue weighted by atomic mass is 16.5. The first kappa shape index (κ1) is 39.8. The van der Waals surface area contributed by atoms with Crippen LogP contribution in [0.1, 0.15) is 90.4 Å². The van der Waals surface area contributed by atoms with E-state index in [4.69, 9.17) is 33.7 Å². The standard InChI is InChI=1S/C39H46N4O11/c1-37(2)29-19-30-38(3,49)39(4,54-9)31(43-30)18-27-23(15-35(47)53-8)21(11-13-33(45)51-6)25(41-27)16-24-20(10-12-32(44)50-5)22(14-34(46)52-7)26(40-24)17-28(42-29)36(37)48/h16-19,40-41,49H,10-15H2,1-9H3. The fourth-order valence-corrected chi connectivity index (χ4v) is 6.90. The highest BCUT2D eigenvalue weighted by molar-refractivity contribution is 6.05. The fourth-order valence-electron chi connectivity index (χ4n) is 6.90. The summed E-state index contributed by atoms with van der Waals surface area (Å²) in [6.45, 7) is 6.68. The van der Waals surface area contributed by atoms with Gasteiger partial charge >= 0.3 is 23.9 Å². The third kappa shape index (κ3) is 7.12. The number of aryl methyl sites for hydroxylation is 2. The number of Topliss-reactive ketones (excluding diaryl/α,β-unsaturated/α-hetero) is 1. The van der Waals surface area contributed by atoms with E-state index in [9.17, 15) is 29.1 Å². The summed E-state index contributed by atoms with van der Waals surface area (Å²) >= 11 is 0. The molecule has 15 heteroatoms. The van der Waals surface area contributed by atoms with Crippen LogP contribution in [0.15, 0.2) is 24.3 Å². The van der Waals surface area contributed by atoms with Gasteiger partial charge in [-0.25, -0.2) is 4.98 Å². The monoisotopic (exact) mass is 746 g/mol. The number of aromatic amines is 2. The Kier molecular flexibility index (Phi) is 11.2. The van der Waals surface area contributed by atoms with Gasteiger partial charge in [-0.2, -0.15) is 0 Å². The minimum atomic E-state index is -1.72. The summed E-state index contributed by atoms with van der Waals surface area (Å²) in [5.74, 6) is -2.39. The van der Waals surface area contributed by atoms with E-state index in [2.05, 4.69) is 9.97 Å². The first-order valence-electron chi connectivity index (χ1n) is 17.3. The average molecular weight is 747 g/mol. The molecule has 3 aromatic heterocycles. The average Bonchev–Trinajstić information content (AvgIpc) is 3.76. The number of methoxy groups -OCH3 is 5. The Labute approximate surface area is 311 Å². The van der Waals surface area contributed by atoms with Crippen LogP contribution in [0.3, 0.4) is 0 Å². The lowest BCUT2D eigenvalue weighted by Crippen LogP contribution is -2.42. The maximum Gasteiger partial charge on any atom is 0.310 e. The third-order valence-corrected chi connectivity index (χ3v) is 10.7. The molecule has 0 radical (unpaired) electrons. The van der Waals surface area contributed by atoms with E-state index >= 15 is 0 Å². The second-order valence-electron chi connectivity index (χ2n) is 14.1. The number of aromatic nitrogens is 4. The Bertz CT molecular complexity index is 2200. The number of H-pyrrole nitrogens is 2. The molecule has 0 saturated heterocycles. The highest BCUT2D eigenvalue weighted by Gasteiger charge is 2.53. The molecule has 0 fully saturated rings. The zero-order valence-electron chi connectivity index (χ0n) is 32.0. The molecular weight excluding hydrogens is 700 g/mol. The first-order valence-corrected chi connectivity index (χ1v) is 17.3. The molecule has 0 amide bonds. The van der Waals surface area contributed by atoms with Crippen molar-refractivity contribution < 1.29 is 52.8 Å². The summed E-state index contributed by atoms with van der Waals surface area (Å²) in [7, 11) is 6.53. The van der Waals surface area contributed by atoms with Crippen molar-refractivity contribution in [1.29, 1.82) is 0 Å². The lowest BCUT2D eigenvalue weighted by atomic mass is 9.81. The maximum absolute atomic E-state index is 14.0. The zero-order chi connectivity index (χ0) is 39.7. The molecule has 3 aromatic rings. The molecule has 0 aromatic carbocycles. The molecule has 54 heavy (non-hydrogen) atoms. The number of aliphatic hydroxyl groups is 1. The van der Waals surface area contributed by atoms with Crippen LogP contribution in [0, 0.1) is 0 Å². The number of hydrogen-bond donors (Lipinski definition) is 3. The predicted molar refractivity (Wildman–Crippen MR) is 194 cm³/mol. The quantitative estimate of drug-likeness (QED) is 0.188. The lowest BCUT2D eigenvalue weighted by molar-refractivity contribution is -0.156. The second kappa shape index (κ2) is 15.1. The number of carbonyl (C=O) groups excluding carboxylic acids is 5. The maximum atomic E-state index is 14.0. The van der Waals surface area contributed by atoms with Crippen LogP contribution in [0.5, 0.6) is 0 Å². The van der Waals surface area contributed by atoms with Crippen LogP contribution >= 0.6 is 0 Å². The van der Waals surface area contributed by atoms with Gasteiger partial charge in [-0.15, -0.1) is 0 Å². The van der Waals surface area contributed by atoms with E-state index in [1.807, 2.05) is 0 Å². The summed E-state index contributed by atoms with van der Waals surface area (Å²) in [6, 6.07) is 6.54. The number of nitrogens with one attached hydrogen (secondary N) is 2. The molecule has 5 rings (SSSR count). The fraction of sp³-hybridized carbons (Fsp3) is 0.462. The van der Waals surface area contributed by atoms with Crippen LogP contribution in [0.2, 0.25) is 0 Å². The van der Waals surface area contributed by atoms with Gasteiger partial charge in [0.15, 0.2) is 5.78 Å². The Morgan fingerprint density at radius 3 is 1.54 bits per heavy atom. The molecule has 2 atom stereocenters. The molecule has 288 valence electrons. The van der Waals surface area contributed by atoms with E-state index < -0.39 is 40.5 Å². The van der Waals surface area contributed by atoms with Gasteiger partial charge in [0.25, 0.3) is 0 Å². The number of esters is 4. The Morgan fingerprint density at radius 1 is 0.611 bits per heavy atom. The number of carbonyl (C=O) groups is 5. The van der Waals surface area contributed by atoms with Gasteiger partial charge < -0.3 is 38.8 Å². The molecule has 15 nitrogen and oxygen atoms in total. The number of fused-ring (bicyclic) bond motifs is 8. The zero-order valence-corrected chi connectivity index (χ0v) is 32.0. The minimum Gasteiger partial charge on any atom is -0.469 e. The number of ketones is 1. The Morgan fingerprint density at radius 2 is 1.07 bits per heavy atom. The number of ether oxygens (including phenoxy) is 5. The molecule has 0 aliphatic carbocycles. The number of hydrogen-bond acceptors (Lipinski definition) is 13. The first-order chi connectivity index (χ1) is 25.4. The predicted octanol–water partition coefficient (Wildman–Crippen LogP) is 3.89. The number of nitrogens with zero attached hydrogens (tertiary/aromatic N) is 2. The van der Waals surface area contributed by atoms with Crippen molar-refractivity contribution in [3.05, 3.63) is 69.3 Å². The van der Waals surface area contributed by atoms with Crippen molar-refractivity contribution in [2.24, 2.45) is 0 Å². The Balaban J connectivity index is 2.05. The molecule has 8 bridgehead atoms. The largest absolute Gasteiger partial charge is 0.469 e. The van der Waals surface area contributed by atoms with E-state index in [0.29, 0.717) is 55.7 Å². The van der Waals surface area contributed by atoms with E-state index in [-0.39, 0.29) is 55.7 Å². The third-order valence-electron chi connectivity index (χ3n) is 10.7. The van der Waals surface area contributed by atoms with E-state index in [1.54, 1.807) is 52.0 Å². The summed E-state index contributed by atoms with van der Waals surface area (Å²) in [5.41, 5.74) is 0.468. The van der Waals surface area contributed by atoms with Crippen molar-refractivity contribution in [3.8, 4) is 0 Å². The van der Waals surface area contributed by atoms with Crippen molar-refractivity contribution >= 4 is 51.7 Å². The molecule has 2 unspecified atom stereocenters. The van der Waals surface area contributed by atoms with Gasteiger partial charge in [0.2, 0.25) is 0 Å². The van der Waals surface area contributed by atoms with E-state index in [0.717, 1.165) is 0 Å². The van der Waals surface area contributed by atoms with Crippen LogP contribution < -0.4 is 0 Å². The SMILES string of the molecule is COC(=O)CCc1c(CC(=O)OC)c2cc3nc(cc4nc(cc5[nH]c(cc1[nH]2)c(CCC(=O)OC)c5CC(=O)OC)C(C)(OC)C4(C)O)C(C)(C)C3=O. The second-order valence-corrected chi connectivity index (χ2v) is 14.1. The van der Waals surface area contributed by atoms with Gasteiger partial charge in [-0.3, -0.25) is 29.0 Å². The van der Waals surface area contributed by atoms with Crippen molar-refractivity contribution in [2.45, 2.75) is 82.8 Å². The van der Waals surface area contributed by atoms with Crippen molar-refractivity contribution in [1.82, 2.24) is 19.9 Å². The van der Waals surface area contributed by atoms with Gasteiger partial charge in [0.1, 0.15) is 16.9 Å². The van der Waals surface area contributed by atoms with E-state index in [1.165, 1.54) is 35.5 Å². The summed E-state index contributed by atoms with van der Waals surface area (Å²) in [5, 5.41) is 12.1. The normalized spacial score (nSPS) is 19.0. The summed E-state index contributed by atoms with van der Waals surface area (Å²) < 4.78 is 25.9. The minimum absolute atomic E-state index is 0.0377. The molecule has 2 aliphatic heterocycles. The van der Waals surface area contributed by atoms with Crippen LogP contribution in [-0.4, -0.2) is 90.3 Å². The van der Waals surface area contributed by atoms with Crippen LogP contribution in [0.4, 0.5) is 0 Å². The summed E-state index contributed by atoms with van der Waals surface area (Å²) in [6.07, 6.45) is -0.215. The van der Waals surface area contributed by atoms with Crippen molar-refractivity contribution in [2.75, 3.05) is 35.5 Å². The molecule has 3 N–H and O–H groups in total. The van der Waals surface area contributed by atoms with Crippen LogP contribution in [-0.2, 0) is 85.2 Å². The molecule has 0 spiro atoms. The van der Waals surface area contributed by atoms with Gasteiger partial charge in [0.05, 0.1) is 63.8 Å². The molecular formula is C39H46N4O11. The smallest absolute Gasteiger partial charge is 0.310 e. The Hall–Kier alpha value is -5.41. The highest BCUT2D eigenvalue weighted by Crippen LogP contribution is 2.47. The number of rotatable bonds is 11. The van der Waals surface area contributed by atoms with Gasteiger partial charge in [-0.05, 0) is 87.1 Å². The van der Waals surface area contributed by atoms with Crippen LogP contribution in [0.25, 0.3) is 22.1 Å². The molecule has 5 heterocycles. The summed E-state index contributed by atoms with van der Waals surface area (Å²) in [4.78, 5) is 81.0. The van der Waals surface area contributed by atoms with Crippen molar-refractivity contribution in [3.63, 3.8) is 0 Å². The lowest BCUT2D eigenvalue weighted by Gasteiger charge is -2.35.